The van der Waals surface area contributed by atoms with Crippen LogP contribution in [0.4, 0.5) is 0 Å². The fraction of sp³-hybridized carbons (Fsp3) is 0.750. The van der Waals surface area contributed by atoms with Crippen molar-refractivity contribution >= 4 is 17.5 Å². The SMILES string of the molecule is CCOC(c1noc(C2CSCC2=O)n1)C(C)C. The zero-order valence-corrected chi connectivity index (χ0v) is 11.7. The number of carbonyl (C=O) groups is 1. The second-order valence-corrected chi connectivity index (χ2v) is 5.68. The molecule has 100 valence electrons. The van der Waals surface area contributed by atoms with Crippen LogP contribution in [0, 0.1) is 5.92 Å². The van der Waals surface area contributed by atoms with E-state index in [0.29, 0.717) is 24.1 Å². The molecule has 2 rings (SSSR count). The Bertz CT molecular complexity index is 419. The molecule has 2 heterocycles. The van der Waals surface area contributed by atoms with E-state index in [-0.39, 0.29) is 23.7 Å². The van der Waals surface area contributed by atoms with Gasteiger partial charge in [0.15, 0.2) is 5.78 Å². The van der Waals surface area contributed by atoms with Crippen molar-refractivity contribution in [2.24, 2.45) is 5.92 Å². The highest BCUT2D eigenvalue weighted by molar-refractivity contribution is 8.00. The van der Waals surface area contributed by atoms with Gasteiger partial charge >= 0.3 is 0 Å². The molecule has 18 heavy (non-hydrogen) atoms. The summed E-state index contributed by atoms with van der Waals surface area (Å²) >= 11 is 1.61. The van der Waals surface area contributed by atoms with E-state index in [4.69, 9.17) is 9.26 Å². The van der Waals surface area contributed by atoms with Crippen LogP contribution in [0.2, 0.25) is 0 Å². The molecule has 1 aromatic heterocycles. The molecular formula is C12H18N2O3S. The molecule has 1 aromatic rings. The summed E-state index contributed by atoms with van der Waals surface area (Å²) in [5.74, 6) is 2.47. The summed E-state index contributed by atoms with van der Waals surface area (Å²) in [4.78, 5) is 16.0. The number of carbonyl (C=O) groups excluding carboxylic acids is 1. The van der Waals surface area contributed by atoms with Crippen LogP contribution in [0.3, 0.4) is 0 Å². The molecule has 0 saturated carbocycles. The van der Waals surface area contributed by atoms with Gasteiger partial charge in [-0.3, -0.25) is 4.79 Å². The topological polar surface area (TPSA) is 65.2 Å². The lowest BCUT2D eigenvalue weighted by Gasteiger charge is -2.16. The Morgan fingerprint density at radius 1 is 1.56 bits per heavy atom. The first-order valence-corrected chi connectivity index (χ1v) is 7.34. The average Bonchev–Trinajstić information content (AvgIpc) is 2.93. The summed E-state index contributed by atoms with van der Waals surface area (Å²) in [5, 5.41) is 3.96. The molecule has 1 fully saturated rings. The maximum atomic E-state index is 11.6. The maximum absolute atomic E-state index is 11.6. The molecule has 6 heteroatoms. The zero-order chi connectivity index (χ0) is 13.1. The minimum absolute atomic E-state index is 0.170. The number of hydrogen-bond acceptors (Lipinski definition) is 6. The third-order valence-corrected chi connectivity index (χ3v) is 3.94. The lowest BCUT2D eigenvalue weighted by atomic mass is 10.1. The number of nitrogens with zero attached hydrogens (tertiary/aromatic N) is 2. The van der Waals surface area contributed by atoms with Gasteiger partial charge in [0.1, 0.15) is 12.0 Å². The predicted molar refractivity (Wildman–Crippen MR) is 68.6 cm³/mol. The van der Waals surface area contributed by atoms with Crippen LogP contribution in [-0.4, -0.2) is 34.0 Å². The Morgan fingerprint density at radius 2 is 2.33 bits per heavy atom. The van der Waals surface area contributed by atoms with Crippen LogP contribution >= 0.6 is 11.8 Å². The molecule has 2 unspecified atom stereocenters. The Kier molecular flexibility index (Phi) is 4.40. The zero-order valence-electron chi connectivity index (χ0n) is 10.9. The molecule has 1 aliphatic heterocycles. The monoisotopic (exact) mass is 270 g/mol. The number of hydrogen-bond donors (Lipinski definition) is 0. The van der Waals surface area contributed by atoms with Gasteiger partial charge in [0.25, 0.3) is 0 Å². The predicted octanol–water partition coefficient (Wildman–Crippen LogP) is 2.20. The Balaban J connectivity index is 2.15. The molecule has 0 aromatic carbocycles. The average molecular weight is 270 g/mol. The largest absolute Gasteiger partial charge is 0.370 e. The second kappa shape index (κ2) is 5.84. The van der Waals surface area contributed by atoms with Crippen LogP contribution < -0.4 is 0 Å². The standard InChI is InChI=1S/C12H18N2O3S/c1-4-16-10(7(2)3)11-13-12(17-14-11)8-5-18-6-9(8)15/h7-8,10H,4-6H2,1-3H3. The van der Waals surface area contributed by atoms with Gasteiger partial charge in [0, 0.05) is 12.4 Å². The van der Waals surface area contributed by atoms with Crippen molar-refractivity contribution < 1.29 is 14.1 Å². The van der Waals surface area contributed by atoms with Gasteiger partial charge in [-0.05, 0) is 12.8 Å². The van der Waals surface area contributed by atoms with Gasteiger partial charge in [-0.15, -0.1) is 0 Å². The summed E-state index contributed by atoms with van der Waals surface area (Å²) in [6.07, 6.45) is -0.170. The number of ether oxygens (including phenoxy) is 1. The van der Waals surface area contributed by atoms with E-state index in [9.17, 15) is 4.79 Å². The van der Waals surface area contributed by atoms with E-state index in [1.807, 2.05) is 20.8 Å². The summed E-state index contributed by atoms with van der Waals surface area (Å²) in [7, 11) is 0. The van der Waals surface area contributed by atoms with E-state index in [0.717, 1.165) is 5.75 Å². The van der Waals surface area contributed by atoms with E-state index in [1.165, 1.54) is 0 Å². The molecule has 1 aliphatic rings. The third-order valence-electron chi connectivity index (χ3n) is 2.88. The highest BCUT2D eigenvalue weighted by Crippen LogP contribution is 2.30. The van der Waals surface area contributed by atoms with E-state index >= 15 is 0 Å². The number of Topliss-reactive ketones (excluding diaryl/α,β-unsaturated/α-hetero) is 1. The van der Waals surface area contributed by atoms with Crippen molar-refractivity contribution in [3.63, 3.8) is 0 Å². The van der Waals surface area contributed by atoms with Crippen LogP contribution in [0.15, 0.2) is 4.52 Å². The molecule has 0 bridgehead atoms. The fourth-order valence-electron chi connectivity index (χ4n) is 1.93. The summed E-state index contributed by atoms with van der Waals surface area (Å²) in [6, 6.07) is 0. The first-order valence-electron chi connectivity index (χ1n) is 6.19. The van der Waals surface area contributed by atoms with Gasteiger partial charge in [-0.25, -0.2) is 0 Å². The van der Waals surface area contributed by atoms with Crippen molar-refractivity contribution in [3.05, 3.63) is 11.7 Å². The molecule has 0 radical (unpaired) electrons. The first-order chi connectivity index (χ1) is 8.63. The Morgan fingerprint density at radius 3 is 2.89 bits per heavy atom. The summed E-state index contributed by atoms with van der Waals surface area (Å²) in [5.41, 5.74) is 0. The van der Waals surface area contributed by atoms with Crippen LogP contribution in [0.5, 0.6) is 0 Å². The van der Waals surface area contributed by atoms with E-state index in [2.05, 4.69) is 10.1 Å². The van der Waals surface area contributed by atoms with E-state index in [1.54, 1.807) is 11.8 Å². The highest BCUT2D eigenvalue weighted by Gasteiger charge is 2.33. The van der Waals surface area contributed by atoms with E-state index < -0.39 is 0 Å². The molecule has 5 nitrogen and oxygen atoms in total. The molecular weight excluding hydrogens is 252 g/mol. The first kappa shape index (κ1) is 13.5. The van der Waals surface area contributed by atoms with Crippen LogP contribution in [0.1, 0.15) is 44.5 Å². The molecule has 0 aliphatic carbocycles. The Hall–Kier alpha value is -0.880. The van der Waals surface area contributed by atoms with Gasteiger partial charge in [0.05, 0.1) is 5.75 Å². The van der Waals surface area contributed by atoms with Crippen molar-refractivity contribution in [1.29, 1.82) is 0 Å². The quantitative estimate of drug-likeness (QED) is 0.817. The minimum atomic E-state index is -0.231. The lowest BCUT2D eigenvalue weighted by molar-refractivity contribution is -0.117. The smallest absolute Gasteiger partial charge is 0.238 e. The van der Waals surface area contributed by atoms with Crippen LogP contribution in [0.25, 0.3) is 0 Å². The third kappa shape index (κ3) is 2.75. The summed E-state index contributed by atoms with van der Waals surface area (Å²) < 4.78 is 10.8. The molecule has 0 N–H and O–H groups in total. The van der Waals surface area contributed by atoms with Crippen molar-refractivity contribution in [3.8, 4) is 0 Å². The van der Waals surface area contributed by atoms with Gasteiger partial charge in [-0.2, -0.15) is 16.7 Å². The molecule has 2 atom stereocenters. The van der Waals surface area contributed by atoms with Crippen molar-refractivity contribution in [2.75, 3.05) is 18.1 Å². The molecule has 0 spiro atoms. The van der Waals surface area contributed by atoms with Crippen LogP contribution in [-0.2, 0) is 9.53 Å². The highest BCUT2D eigenvalue weighted by atomic mass is 32.2. The summed E-state index contributed by atoms with van der Waals surface area (Å²) in [6.45, 7) is 6.64. The number of thioether (sulfide) groups is 1. The molecule has 0 amide bonds. The maximum Gasteiger partial charge on any atom is 0.238 e. The van der Waals surface area contributed by atoms with Crippen molar-refractivity contribution in [1.82, 2.24) is 10.1 Å². The fourth-order valence-corrected chi connectivity index (χ4v) is 3.01. The number of ketones is 1. The van der Waals surface area contributed by atoms with Gasteiger partial charge in [-0.1, -0.05) is 19.0 Å². The normalized spacial score (nSPS) is 21.8. The number of rotatable bonds is 5. The molecule has 1 saturated heterocycles. The minimum Gasteiger partial charge on any atom is -0.370 e. The lowest BCUT2D eigenvalue weighted by Crippen LogP contribution is -2.14. The number of aromatic nitrogens is 2. The van der Waals surface area contributed by atoms with Gasteiger partial charge < -0.3 is 9.26 Å². The van der Waals surface area contributed by atoms with Gasteiger partial charge in [0.2, 0.25) is 11.7 Å². The van der Waals surface area contributed by atoms with Crippen molar-refractivity contribution in [2.45, 2.75) is 32.8 Å². The Labute approximate surface area is 111 Å². The second-order valence-electron chi connectivity index (χ2n) is 4.64.